The number of hydrogen-bond donors (Lipinski definition) is 1. The third-order valence-electron chi connectivity index (χ3n) is 5.44. The van der Waals surface area contributed by atoms with E-state index in [0.717, 1.165) is 6.20 Å². The van der Waals surface area contributed by atoms with Crippen molar-refractivity contribution in [3.8, 4) is 11.4 Å². The number of rotatable bonds is 3. The van der Waals surface area contributed by atoms with Crippen LogP contribution in [0.2, 0.25) is 0 Å². The molecule has 4 rings (SSSR count). The highest BCUT2D eigenvalue weighted by atomic mass is 19.4. The summed E-state index contributed by atoms with van der Waals surface area (Å²) >= 11 is 0. The van der Waals surface area contributed by atoms with E-state index >= 15 is 0 Å². The van der Waals surface area contributed by atoms with Gasteiger partial charge in [-0.05, 0) is 20.8 Å². The van der Waals surface area contributed by atoms with Gasteiger partial charge in [0, 0.05) is 45.5 Å². The summed E-state index contributed by atoms with van der Waals surface area (Å²) in [4.78, 5) is 37.9. The fourth-order valence-corrected chi connectivity index (χ4v) is 3.71. The van der Waals surface area contributed by atoms with Crippen LogP contribution in [-0.4, -0.2) is 94.0 Å². The van der Waals surface area contributed by atoms with Gasteiger partial charge in [0.25, 0.3) is 0 Å². The number of amides is 1. The maximum atomic E-state index is 13.8. The van der Waals surface area contributed by atoms with E-state index in [1.54, 1.807) is 30.6 Å². The molecule has 12 nitrogen and oxygen atoms in total. The Hall–Kier alpha value is -3.49. The maximum Gasteiger partial charge on any atom is 0.434 e. The number of carbonyl (C=O) groups is 1. The second kappa shape index (κ2) is 9.87. The summed E-state index contributed by atoms with van der Waals surface area (Å²) < 4.78 is 52.1. The number of aromatic nitrogens is 5. The van der Waals surface area contributed by atoms with Crippen LogP contribution < -0.4 is 15.5 Å². The second-order valence-corrected chi connectivity index (χ2v) is 9.30. The van der Waals surface area contributed by atoms with E-state index in [1.165, 1.54) is 0 Å². The average molecular weight is 512 g/mol. The van der Waals surface area contributed by atoms with Gasteiger partial charge in [-0.3, -0.25) is 0 Å². The van der Waals surface area contributed by atoms with Crippen molar-refractivity contribution in [3.63, 3.8) is 0 Å². The van der Waals surface area contributed by atoms with Gasteiger partial charge in [0.05, 0.1) is 18.8 Å². The topological polar surface area (TPSA) is 136 Å². The van der Waals surface area contributed by atoms with Crippen molar-refractivity contribution in [3.05, 3.63) is 11.9 Å². The fraction of sp³-hybridized carbons (Fsp3) is 0.619. The molecule has 2 aromatic heterocycles. The van der Waals surface area contributed by atoms with Crippen molar-refractivity contribution in [1.29, 1.82) is 0 Å². The van der Waals surface area contributed by atoms with Crippen LogP contribution in [-0.2, 0) is 15.7 Å². The SMILES string of the molecule is CC(C)(C)OC(=O)N1CCN(c2nc(-c3cnc(N)nc3C(F)(F)F)nc(N3CCOCC3)n2)CC1. The largest absolute Gasteiger partial charge is 0.444 e. The lowest BCUT2D eigenvalue weighted by Crippen LogP contribution is -2.50. The van der Waals surface area contributed by atoms with Gasteiger partial charge >= 0.3 is 12.3 Å². The normalized spacial score (nSPS) is 17.3. The predicted molar refractivity (Wildman–Crippen MR) is 123 cm³/mol. The van der Waals surface area contributed by atoms with Gasteiger partial charge in [-0.2, -0.15) is 28.1 Å². The predicted octanol–water partition coefficient (Wildman–Crippen LogP) is 1.82. The summed E-state index contributed by atoms with van der Waals surface area (Å²) in [5, 5.41) is 0. The molecule has 4 heterocycles. The Morgan fingerprint density at radius 3 is 2.08 bits per heavy atom. The Kier molecular flexibility index (Phi) is 7.02. The number of nitrogen functional groups attached to an aromatic ring is 1. The van der Waals surface area contributed by atoms with Crippen molar-refractivity contribution in [1.82, 2.24) is 29.8 Å². The van der Waals surface area contributed by atoms with E-state index in [4.69, 9.17) is 15.2 Å². The molecule has 0 aromatic carbocycles. The first-order valence-corrected chi connectivity index (χ1v) is 11.4. The van der Waals surface area contributed by atoms with Gasteiger partial charge in [0.15, 0.2) is 11.5 Å². The molecule has 0 bridgehead atoms. The first-order valence-electron chi connectivity index (χ1n) is 11.4. The zero-order valence-corrected chi connectivity index (χ0v) is 20.2. The van der Waals surface area contributed by atoms with Gasteiger partial charge in [-0.1, -0.05) is 0 Å². The Labute approximate surface area is 205 Å². The molecule has 0 radical (unpaired) electrons. The third-order valence-corrected chi connectivity index (χ3v) is 5.44. The smallest absolute Gasteiger partial charge is 0.434 e. The van der Waals surface area contributed by atoms with Crippen molar-refractivity contribution in [2.75, 3.05) is 68.0 Å². The second-order valence-electron chi connectivity index (χ2n) is 9.30. The molecule has 2 fully saturated rings. The molecule has 2 aliphatic rings. The minimum atomic E-state index is -4.79. The highest BCUT2D eigenvalue weighted by Crippen LogP contribution is 2.35. The van der Waals surface area contributed by atoms with Crippen molar-refractivity contribution in [2.24, 2.45) is 0 Å². The third kappa shape index (κ3) is 6.01. The summed E-state index contributed by atoms with van der Waals surface area (Å²) in [6.07, 6.45) is -4.26. The molecule has 2 aromatic rings. The molecular formula is C21H28F3N9O3. The van der Waals surface area contributed by atoms with Gasteiger partial charge < -0.3 is 29.9 Å². The zero-order chi connectivity index (χ0) is 26.1. The van der Waals surface area contributed by atoms with Gasteiger partial charge in [0.1, 0.15) is 5.60 Å². The van der Waals surface area contributed by atoms with Crippen molar-refractivity contribution in [2.45, 2.75) is 32.5 Å². The summed E-state index contributed by atoms with van der Waals surface area (Å²) in [5.41, 5.74) is 3.17. The fourth-order valence-electron chi connectivity index (χ4n) is 3.71. The van der Waals surface area contributed by atoms with Crippen LogP contribution in [0.15, 0.2) is 6.20 Å². The number of nitrogens with two attached hydrogens (primary N) is 1. The number of carbonyl (C=O) groups excluding carboxylic acids is 1. The Morgan fingerprint density at radius 2 is 1.53 bits per heavy atom. The molecule has 0 atom stereocenters. The Balaban J connectivity index is 1.66. The quantitative estimate of drug-likeness (QED) is 0.646. The van der Waals surface area contributed by atoms with Gasteiger partial charge in [-0.25, -0.2) is 14.8 Å². The molecule has 2 saturated heterocycles. The number of halogens is 3. The number of ether oxygens (including phenoxy) is 2. The van der Waals surface area contributed by atoms with Crippen LogP contribution in [0.5, 0.6) is 0 Å². The number of piperazine rings is 1. The zero-order valence-electron chi connectivity index (χ0n) is 20.2. The first-order chi connectivity index (χ1) is 16.9. The van der Waals surface area contributed by atoms with E-state index in [-0.39, 0.29) is 17.7 Å². The number of anilines is 3. The highest BCUT2D eigenvalue weighted by molar-refractivity contribution is 5.68. The molecule has 196 valence electrons. The van der Waals surface area contributed by atoms with Gasteiger partial charge in [-0.15, -0.1) is 0 Å². The maximum absolute atomic E-state index is 13.8. The molecular weight excluding hydrogens is 483 g/mol. The van der Waals surface area contributed by atoms with Crippen LogP contribution in [0.25, 0.3) is 11.4 Å². The molecule has 0 aliphatic carbocycles. The van der Waals surface area contributed by atoms with Crippen LogP contribution in [0.4, 0.5) is 35.8 Å². The summed E-state index contributed by atoms with van der Waals surface area (Å²) in [6.45, 7) is 8.56. The summed E-state index contributed by atoms with van der Waals surface area (Å²) in [5.74, 6) is -0.316. The summed E-state index contributed by atoms with van der Waals surface area (Å²) in [6, 6.07) is 0. The Morgan fingerprint density at radius 1 is 0.944 bits per heavy atom. The Bertz CT molecular complexity index is 1100. The van der Waals surface area contributed by atoms with Crippen LogP contribution in [0.3, 0.4) is 0 Å². The monoisotopic (exact) mass is 511 g/mol. The van der Waals surface area contributed by atoms with E-state index in [0.29, 0.717) is 52.5 Å². The van der Waals surface area contributed by atoms with Gasteiger partial charge in [0.2, 0.25) is 17.8 Å². The molecule has 0 unspecified atom stereocenters. The first kappa shape index (κ1) is 25.6. The minimum Gasteiger partial charge on any atom is -0.444 e. The molecule has 1 amide bonds. The van der Waals surface area contributed by atoms with E-state index < -0.39 is 35.1 Å². The number of morpholine rings is 1. The van der Waals surface area contributed by atoms with Crippen molar-refractivity contribution >= 4 is 23.9 Å². The van der Waals surface area contributed by atoms with Crippen molar-refractivity contribution < 1.29 is 27.4 Å². The molecule has 0 spiro atoms. The van der Waals surface area contributed by atoms with Crippen LogP contribution >= 0.6 is 0 Å². The number of hydrogen-bond acceptors (Lipinski definition) is 11. The lowest BCUT2D eigenvalue weighted by atomic mass is 10.2. The summed E-state index contributed by atoms with van der Waals surface area (Å²) in [7, 11) is 0. The van der Waals surface area contributed by atoms with Crippen LogP contribution in [0, 0.1) is 0 Å². The molecule has 2 aliphatic heterocycles. The van der Waals surface area contributed by atoms with E-state index in [1.807, 2.05) is 4.90 Å². The lowest BCUT2D eigenvalue weighted by molar-refractivity contribution is -0.140. The molecule has 15 heteroatoms. The minimum absolute atomic E-state index is 0.190. The van der Waals surface area contributed by atoms with E-state index in [2.05, 4.69) is 24.9 Å². The molecule has 0 saturated carbocycles. The number of alkyl halides is 3. The number of nitrogens with zero attached hydrogens (tertiary/aromatic N) is 8. The molecule has 2 N–H and O–H groups in total. The van der Waals surface area contributed by atoms with E-state index in [9.17, 15) is 18.0 Å². The van der Waals surface area contributed by atoms with Crippen LogP contribution in [0.1, 0.15) is 26.5 Å². The standard InChI is InChI=1S/C21H28F3N9O3/c1-20(2,3)36-19(34)33-6-4-31(5-7-33)17-28-15(29-18(30-17)32-8-10-35-11-9-32)13-12-26-16(25)27-14(13)21(22,23)24/h12H,4-11H2,1-3H3,(H2,25,26,27). The lowest BCUT2D eigenvalue weighted by Gasteiger charge is -2.36. The molecule has 36 heavy (non-hydrogen) atoms. The highest BCUT2D eigenvalue weighted by Gasteiger charge is 2.38. The average Bonchev–Trinajstić information content (AvgIpc) is 2.83.